The van der Waals surface area contributed by atoms with E-state index in [9.17, 15) is 9.59 Å². The lowest BCUT2D eigenvalue weighted by Gasteiger charge is -2.46. The van der Waals surface area contributed by atoms with Crippen LogP contribution in [0.4, 0.5) is 0 Å². The Balaban J connectivity index is 0.000000155. The van der Waals surface area contributed by atoms with Gasteiger partial charge in [0.25, 0.3) is 0 Å². The maximum absolute atomic E-state index is 9.81. The highest BCUT2D eigenvalue weighted by atomic mass is 16.6. The molecule has 0 amide bonds. The molecule has 6 heterocycles. The fourth-order valence-corrected chi connectivity index (χ4v) is 9.09. The molecule has 15 nitrogen and oxygen atoms in total. The molecule has 0 saturated carbocycles. The quantitative estimate of drug-likeness (QED) is 0.131. The second-order valence-corrected chi connectivity index (χ2v) is 16.5. The van der Waals surface area contributed by atoms with E-state index in [1.165, 1.54) is 13.8 Å². The third-order valence-electron chi connectivity index (χ3n) is 11.9. The molecular formula is C50H60N2O13. The number of para-hydroxylation sites is 8. The summed E-state index contributed by atoms with van der Waals surface area (Å²) in [5, 5.41) is 0. The molecule has 6 unspecified atom stereocenters. The summed E-state index contributed by atoms with van der Waals surface area (Å²) in [6.45, 7) is 7.71. The number of hydrogen-bond donors (Lipinski definition) is 0. The third kappa shape index (κ3) is 12.3. The first-order valence-electron chi connectivity index (χ1n) is 22.7. The number of rotatable bonds is 0. The van der Waals surface area contributed by atoms with Crippen LogP contribution in [-0.4, -0.2) is 124 Å². The topological polar surface area (TPSA) is 142 Å². The van der Waals surface area contributed by atoms with Crippen LogP contribution in [0.5, 0.6) is 46.0 Å². The van der Waals surface area contributed by atoms with Gasteiger partial charge in [0.2, 0.25) is 0 Å². The average molecular weight is 897 g/mol. The van der Waals surface area contributed by atoms with Crippen LogP contribution in [0.25, 0.3) is 0 Å². The largest absolute Gasteiger partial charge is 0.488 e. The van der Waals surface area contributed by atoms with Crippen LogP contribution in [0.2, 0.25) is 0 Å². The van der Waals surface area contributed by atoms with E-state index < -0.39 is 11.9 Å². The Labute approximate surface area is 380 Å². The van der Waals surface area contributed by atoms with Gasteiger partial charge in [0.1, 0.15) is 39.6 Å². The van der Waals surface area contributed by atoms with Crippen LogP contribution in [0.15, 0.2) is 97.1 Å². The number of nitrogens with zero attached hydrogens (tertiary/aromatic N) is 2. The van der Waals surface area contributed by atoms with Gasteiger partial charge in [-0.1, -0.05) is 61.4 Å². The first kappa shape index (κ1) is 45.8. The Bertz CT molecular complexity index is 2010. The molecule has 4 aromatic rings. The zero-order valence-electron chi connectivity index (χ0n) is 37.2. The number of carbonyl (C=O) groups excluding carboxylic acids is 2. The van der Waals surface area contributed by atoms with E-state index in [0.29, 0.717) is 66.1 Å². The number of piperidine rings is 2. The molecule has 0 aliphatic carbocycles. The summed E-state index contributed by atoms with van der Waals surface area (Å²) in [7, 11) is 0. The van der Waals surface area contributed by atoms with Gasteiger partial charge in [-0.2, -0.15) is 0 Å². The van der Waals surface area contributed by atoms with Gasteiger partial charge in [0.05, 0.1) is 26.4 Å². The fourth-order valence-electron chi connectivity index (χ4n) is 9.09. The Morgan fingerprint density at radius 1 is 0.415 bits per heavy atom. The first-order valence-corrected chi connectivity index (χ1v) is 22.7. The third-order valence-corrected chi connectivity index (χ3v) is 11.9. The SMILES string of the molecule is CC(=O)OC(C)=O.c1ccc2c(c1)OCCOCC1Oc3ccccc3OCC3CCCC(CO2)N31.c1ccc2c(c1)OCCOCC1Oc3ccccc3OCC3CCCC(CO2)N31. The molecule has 0 aromatic heterocycles. The van der Waals surface area contributed by atoms with Gasteiger partial charge >= 0.3 is 11.9 Å². The van der Waals surface area contributed by atoms with E-state index in [2.05, 4.69) is 14.5 Å². The molecule has 65 heavy (non-hydrogen) atoms. The Hall–Kier alpha value is -5.74. The number of ether oxygens (including phenoxy) is 11. The fraction of sp³-hybridized carbons (Fsp3) is 0.480. The molecule has 348 valence electrons. The summed E-state index contributed by atoms with van der Waals surface area (Å²) in [6, 6.07) is 32.4. The monoisotopic (exact) mass is 896 g/mol. The van der Waals surface area contributed by atoms with Gasteiger partial charge in [0.15, 0.2) is 58.5 Å². The van der Waals surface area contributed by atoms with E-state index in [4.69, 9.17) is 47.4 Å². The van der Waals surface area contributed by atoms with Gasteiger partial charge in [-0.3, -0.25) is 19.4 Å². The second-order valence-electron chi connectivity index (χ2n) is 16.5. The lowest BCUT2D eigenvalue weighted by Crippen LogP contribution is -2.59. The van der Waals surface area contributed by atoms with Crippen molar-refractivity contribution in [3.63, 3.8) is 0 Å². The number of carbonyl (C=O) groups is 2. The smallest absolute Gasteiger partial charge is 0.310 e. The minimum absolute atomic E-state index is 0.186. The van der Waals surface area contributed by atoms with Crippen LogP contribution < -0.4 is 37.9 Å². The van der Waals surface area contributed by atoms with Crippen molar-refractivity contribution in [1.29, 1.82) is 0 Å². The number of benzene rings is 4. The zero-order chi connectivity index (χ0) is 44.8. The van der Waals surface area contributed by atoms with Crippen molar-refractivity contribution in [2.24, 2.45) is 0 Å². The Kier molecular flexibility index (Phi) is 16.2. The lowest BCUT2D eigenvalue weighted by molar-refractivity contribution is -0.156. The maximum Gasteiger partial charge on any atom is 0.310 e. The van der Waals surface area contributed by atoms with Crippen molar-refractivity contribution in [1.82, 2.24) is 9.80 Å². The van der Waals surface area contributed by atoms with Crippen molar-refractivity contribution in [2.75, 3.05) is 66.1 Å². The normalized spacial score (nSPS) is 25.3. The minimum atomic E-state index is -0.562. The van der Waals surface area contributed by atoms with Gasteiger partial charge in [-0.15, -0.1) is 0 Å². The number of fused-ring (bicyclic) bond motifs is 4. The molecule has 0 N–H and O–H groups in total. The van der Waals surface area contributed by atoms with Gasteiger partial charge < -0.3 is 52.1 Å². The lowest BCUT2D eigenvalue weighted by atomic mass is 9.95. The molecule has 6 aliphatic heterocycles. The van der Waals surface area contributed by atoms with Crippen LogP contribution in [0.1, 0.15) is 52.4 Å². The summed E-state index contributed by atoms with van der Waals surface area (Å²) in [6.07, 6.45) is 6.19. The molecule has 0 bridgehead atoms. The molecule has 15 heteroatoms. The molecular weight excluding hydrogens is 837 g/mol. The summed E-state index contributed by atoms with van der Waals surface area (Å²) >= 11 is 0. The summed E-state index contributed by atoms with van der Waals surface area (Å²) < 4.78 is 65.3. The minimum Gasteiger partial charge on any atom is -0.488 e. The van der Waals surface area contributed by atoms with Crippen molar-refractivity contribution in [3.8, 4) is 46.0 Å². The van der Waals surface area contributed by atoms with Crippen LogP contribution in [-0.2, 0) is 23.8 Å². The van der Waals surface area contributed by atoms with Crippen molar-refractivity contribution >= 4 is 11.9 Å². The van der Waals surface area contributed by atoms with E-state index in [-0.39, 0.29) is 36.6 Å². The molecule has 10 rings (SSSR count). The molecule has 2 fully saturated rings. The Morgan fingerprint density at radius 3 is 1.02 bits per heavy atom. The van der Waals surface area contributed by atoms with Crippen LogP contribution >= 0.6 is 0 Å². The highest BCUT2D eigenvalue weighted by molar-refractivity contribution is 5.82. The van der Waals surface area contributed by atoms with Crippen molar-refractivity contribution in [3.05, 3.63) is 97.1 Å². The second kappa shape index (κ2) is 22.9. The standard InChI is InChI=1S/2C23H27NO5.C4H6O3/c2*1-2-9-20-19(8-1)26-13-12-25-16-23-24-17(14-27-20)6-5-7-18(24)15-28-21-10-3-4-11-22(21)29-23;1-3(5)7-4(2)6/h2*1-4,8-11,17-18,23H,5-7,12-16H2;1-2H3. The molecule has 0 radical (unpaired) electrons. The summed E-state index contributed by atoms with van der Waals surface area (Å²) in [4.78, 5) is 24.5. The summed E-state index contributed by atoms with van der Waals surface area (Å²) in [5.41, 5.74) is 0. The van der Waals surface area contributed by atoms with Gasteiger partial charge in [-0.25, -0.2) is 0 Å². The Morgan fingerprint density at radius 2 is 0.708 bits per heavy atom. The molecule has 2 saturated heterocycles. The molecule has 6 atom stereocenters. The van der Waals surface area contributed by atoms with Crippen molar-refractivity contribution in [2.45, 2.75) is 89.0 Å². The highest BCUT2D eigenvalue weighted by Gasteiger charge is 2.41. The van der Waals surface area contributed by atoms with Gasteiger partial charge in [0, 0.05) is 38.0 Å². The average Bonchev–Trinajstić information content (AvgIpc) is 3.29. The van der Waals surface area contributed by atoms with E-state index in [1.54, 1.807) is 0 Å². The maximum atomic E-state index is 9.81. The van der Waals surface area contributed by atoms with Crippen LogP contribution in [0.3, 0.4) is 0 Å². The zero-order valence-corrected chi connectivity index (χ0v) is 37.2. The number of hydrogen-bond acceptors (Lipinski definition) is 15. The molecule has 6 aliphatic rings. The highest BCUT2D eigenvalue weighted by Crippen LogP contribution is 2.38. The first-order chi connectivity index (χ1) is 31.9. The predicted octanol–water partition coefficient (Wildman–Crippen LogP) is 7.09. The van der Waals surface area contributed by atoms with E-state index in [0.717, 1.165) is 84.5 Å². The number of esters is 2. The van der Waals surface area contributed by atoms with E-state index in [1.807, 2.05) is 97.1 Å². The van der Waals surface area contributed by atoms with E-state index >= 15 is 0 Å². The predicted molar refractivity (Wildman–Crippen MR) is 238 cm³/mol. The summed E-state index contributed by atoms with van der Waals surface area (Å²) in [5.74, 6) is 5.09. The molecule has 4 aromatic carbocycles. The molecule has 0 spiro atoms. The van der Waals surface area contributed by atoms with Crippen molar-refractivity contribution < 1.29 is 61.7 Å². The van der Waals surface area contributed by atoms with Crippen LogP contribution in [0, 0.1) is 0 Å². The van der Waals surface area contributed by atoms with Gasteiger partial charge in [-0.05, 0) is 74.2 Å².